The van der Waals surface area contributed by atoms with E-state index < -0.39 is 33.0 Å². The quantitative estimate of drug-likeness (QED) is 0.273. The number of nitrogens with one attached hydrogen (secondary N) is 1. The third-order valence-electron chi connectivity index (χ3n) is 7.31. The minimum Gasteiger partial charge on any atom is -0.506 e. The van der Waals surface area contributed by atoms with Gasteiger partial charge in [0.15, 0.2) is 16.2 Å². The van der Waals surface area contributed by atoms with Crippen LogP contribution in [0.4, 0.5) is 15.8 Å². The number of sulfone groups is 1. The molecule has 1 unspecified atom stereocenters. The van der Waals surface area contributed by atoms with E-state index in [1.807, 2.05) is 44.2 Å². The Kier molecular flexibility index (Phi) is 6.77. The highest BCUT2D eigenvalue weighted by molar-refractivity contribution is 7.95. The van der Waals surface area contributed by atoms with Crippen LogP contribution in [0.2, 0.25) is 0 Å². The highest BCUT2D eigenvalue weighted by Gasteiger charge is 2.48. The third kappa shape index (κ3) is 5.00. The molecule has 2 N–H and O–H groups in total. The van der Waals surface area contributed by atoms with Crippen LogP contribution in [-0.2, 0) is 16.4 Å². The number of oxazole rings is 1. The van der Waals surface area contributed by atoms with Crippen molar-refractivity contribution in [3.8, 4) is 11.5 Å². The molecule has 2 aliphatic heterocycles. The van der Waals surface area contributed by atoms with Crippen LogP contribution in [0, 0.1) is 11.2 Å². The summed E-state index contributed by atoms with van der Waals surface area (Å²) in [4.78, 5) is 18.9. The number of carbonyl (C=O) groups is 1. The average Bonchev–Trinajstić information content (AvgIpc) is 3.43. The number of aromatic nitrogens is 1. The van der Waals surface area contributed by atoms with Gasteiger partial charge in [-0.2, -0.15) is 0 Å². The van der Waals surface area contributed by atoms with E-state index in [0.29, 0.717) is 0 Å². The lowest BCUT2D eigenvalue weighted by atomic mass is 9.88. The number of phenolic OH excluding ortho intramolecular Hbond substituents is 1. The number of anilines is 2. The fourth-order valence-corrected chi connectivity index (χ4v) is 7.97. The Morgan fingerprint density at radius 2 is 1.95 bits per heavy atom. The summed E-state index contributed by atoms with van der Waals surface area (Å²) in [7, 11) is -4.05. The average molecular weight is 590 g/mol. The van der Waals surface area contributed by atoms with Crippen LogP contribution in [-0.4, -0.2) is 30.2 Å². The zero-order valence-corrected chi connectivity index (χ0v) is 23.7. The summed E-state index contributed by atoms with van der Waals surface area (Å²) in [6.07, 6.45) is 2.55. The summed E-state index contributed by atoms with van der Waals surface area (Å²) in [5.74, 6) is -1.90. The summed E-state index contributed by atoms with van der Waals surface area (Å²) in [5, 5.41) is 14.0. The van der Waals surface area contributed by atoms with E-state index in [2.05, 4.69) is 10.3 Å². The van der Waals surface area contributed by atoms with E-state index in [9.17, 15) is 18.3 Å². The molecule has 11 heteroatoms. The molecule has 0 saturated heterocycles. The number of amides is 1. The van der Waals surface area contributed by atoms with Gasteiger partial charge >= 0.3 is 0 Å². The van der Waals surface area contributed by atoms with Gasteiger partial charge in [-0.15, -0.1) is 0 Å². The van der Waals surface area contributed by atoms with Gasteiger partial charge in [0.05, 0.1) is 22.5 Å². The van der Waals surface area contributed by atoms with Crippen LogP contribution in [0.15, 0.2) is 94.3 Å². The lowest BCUT2D eigenvalue weighted by Gasteiger charge is -2.37. The molecule has 0 fully saturated rings. The van der Waals surface area contributed by atoms with Gasteiger partial charge in [-0.3, -0.25) is 9.69 Å². The van der Waals surface area contributed by atoms with Crippen LogP contribution < -0.4 is 15.0 Å². The number of aromatic hydroxyl groups is 1. The first-order chi connectivity index (χ1) is 20.0. The van der Waals surface area contributed by atoms with Crippen LogP contribution in [0.5, 0.6) is 11.5 Å². The predicted molar refractivity (Wildman–Crippen MR) is 154 cm³/mol. The maximum atomic E-state index is 16.1. The van der Waals surface area contributed by atoms with Crippen molar-refractivity contribution < 1.29 is 31.9 Å². The van der Waals surface area contributed by atoms with Gasteiger partial charge in [0.25, 0.3) is 5.91 Å². The molecule has 2 aliphatic rings. The lowest BCUT2D eigenvalue weighted by Crippen LogP contribution is -2.41. The zero-order valence-electron chi connectivity index (χ0n) is 22.9. The minimum atomic E-state index is -4.05. The van der Waals surface area contributed by atoms with Gasteiger partial charge in [0.2, 0.25) is 5.76 Å². The van der Waals surface area contributed by atoms with Gasteiger partial charge < -0.3 is 19.6 Å². The summed E-state index contributed by atoms with van der Waals surface area (Å²) >= 11 is 0. The van der Waals surface area contributed by atoms with Crippen LogP contribution in [0.3, 0.4) is 0 Å². The number of rotatable bonds is 5. The van der Waals surface area contributed by atoms with Gasteiger partial charge in [-0.25, -0.2) is 17.8 Å². The number of hydrogen-bond donors (Lipinski definition) is 2. The van der Waals surface area contributed by atoms with Crippen molar-refractivity contribution in [2.75, 3.05) is 16.0 Å². The number of para-hydroxylation sites is 1. The first-order valence-electron chi connectivity index (χ1n) is 13.3. The van der Waals surface area contributed by atoms with E-state index in [-0.39, 0.29) is 63.6 Å². The Labute approximate surface area is 242 Å². The second kappa shape index (κ2) is 10.3. The first-order valence-corrected chi connectivity index (χ1v) is 14.9. The Morgan fingerprint density at radius 1 is 1.17 bits per heavy atom. The lowest BCUT2D eigenvalue weighted by molar-refractivity contribution is 0.0953. The summed E-state index contributed by atoms with van der Waals surface area (Å²) in [6.45, 7) is 3.84. The molecule has 0 radical (unpaired) electrons. The summed E-state index contributed by atoms with van der Waals surface area (Å²) < 4.78 is 55.3. The van der Waals surface area contributed by atoms with Gasteiger partial charge in [0, 0.05) is 17.3 Å². The molecule has 9 nitrogen and oxygen atoms in total. The molecule has 1 aromatic heterocycles. The number of hydrogen-bond acceptors (Lipinski definition) is 8. The molecular weight excluding hydrogens is 561 g/mol. The SMILES string of the molecule is CC1(C)CC2=C(C(c3ccc(OCc4ccccc4)cc3F)N(C(=O)c3cnco3)c3cccc(O)c3N2)S(=O)(=O)C1. The Morgan fingerprint density at radius 3 is 2.67 bits per heavy atom. The Bertz CT molecular complexity index is 1800. The van der Waals surface area contributed by atoms with Gasteiger partial charge in [-0.05, 0) is 41.7 Å². The van der Waals surface area contributed by atoms with E-state index >= 15 is 4.39 Å². The van der Waals surface area contributed by atoms with E-state index in [0.717, 1.165) is 16.9 Å². The van der Waals surface area contributed by atoms with Crippen molar-refractivity contribution in [1.29, 1.82) is 0 Å². The number of ether oxygens (including phenoxy) is 1. The van der Waals surface area contributed by atoms with Crippen LogP contribution in [0.25, 0.3) is 0 Å². The fourth-order valence-electron chi connectivity index (χ4n) is 5.61. The van der Waals surface area contributed by atoms with E-state index in [1.165, 1.54) is 30.5 Å². The molecule has 0 saturated carbocycles. The van der Waals surface area contributed by atoms with Gasteiger partial charge in [-0.1, -0.05) is 50.2 Å². The summed E-state index contributed by atoms with van der Waals surface area (Å²) in [5.41, 5.74) is 0.698. The number of halogens is 1. The number of phenols is 1. The minimum absolute atomic E-state index is 0.0660. The Balaban J connectivity index is 1.55. The normalized spacial score (nSPS) is 18.8. The number of fused-ring (bicyclic) bond motifs is 1. The fraction of sp³-hybridized carbons (Fsp3) is 0.226. The number of carbonyl (C=O) groups excluding carboxylic acids is 1. The highest BCUT2D eigenvalue weighted by atomic mass is 32.2. The second-order valence-electron chi connectivity index (χ2n) is 11.1. The van der Waals surface area contributed by atoms with Crippen molar-refractivity contribution in [2.45, 2.75) is 32.9 Å². The van der Waals surface area contributed by atoms with E-state index in [4.69, 9.17) is 9.15 Å². The van der Waals surface area contributed by atoms with Crippen molar-refractivity contribution in [3.05, 3.63) is 113 Å². The number of nitrogens with zero attached hydrogens (tertiary/aromatic N) is 2. The molecule has 4 aromatic rings. The molecule has 42 heavy (non-hydrogen) atoms. The second-order valence-corrected chi connectivity index (χ2v) is 13.1. The number of allylic oxidation sites excluding steroid dienone is 1. The predicted octanol–water partition coefficient (Wildman–Crippen LogP) is 5.97. The molecule has 216 valence electrons. The standard InChI is InChI=1S/C31H28FN3O6S/c1-31(2)14-23-29(42(38,39)17-31)28(21-12-11-20(13-22(21)32)40-16-19-7-4-3-5-8-19)35(30(37)26-15-33-18-41-26)24-9-6-10-25(36)27(24)34-23/h3-13,15,18,28,34,36H,14,16-17H2,1-2H3. The van der Waals surface area contributed by atoms with E-state index in [1.54, 1.807) is 12.1 Å². The highest BCUT2D eigenvalue weighted by Crippen LogP contribution is 2.52. The molecule has 3 aromatic carbocycles. The molecular formula is C31H28FN3O6S. The molecule has 1 amide bonds. The van der Waals surface area contributed by atoms with Crippen molar-refractivity contribution in [2.24, 2.45) is 5.41 Å². The number of benzene rings is 3. The molecule has 6 rings (SSSR count). The topological polar surface area (TPSA) is 122 Å². The molecule has 3 heterocycles. The third-order valence-corrected chi connectivity index (χ3v) is 9.61. The van der Waals surface area contributed by atoms with Gasteiger partial charge in [0.1, 0.15) is 35.7 Å². The molecule has 0 aliphatic carbocycles. The smallest absolute Gasteiger partial charge is 0.296 e. The zero-order chi connectivity index (χ0) is 29.6. The molecule has 1 atom stereocenters. The summed E-state index contributed by atoms with van der Waals surface area (Å²) in [6, 6.07) is 16.6. The van der Waals surface area contributed by atoms with Crippen molar-refractivity contribution in [1.82, 2.24) is 4.98 Å². The van der Waals surface area contributed by atoms with Crippen molar-refractivity contribution >= 4 is 27.1 Å². The monoisotopic (exact) mass is 589 g/mol. The molecule has 0 bridgehead atoms. The maximum absolute atomic E-state index is 16.1. The Hall–Kier alpha value is -4.64. The van der Waals surface area contributed by atoms with Crippen LogP contribution in [0.1, 0.15) is 48.0 Å². The molecule has 0 spiro atoms. The largest absolute Gasteiger partial charge is 0.506 e. The van der Waals surface area contributed by atoms with Crippen LogP contribution >= 0.6 is 0 Å². The first kappa shape index (κ1) is 27.5. The maximum Gasteiger partial charge on any atom is 0.296 e. The van der Waals surface area contributed by atoms with Crippen molar-refractivity contribution in [3.63, 3.8) is 0 Å².